The summed E-state index contributed by atoms with van der Waals surface area (Å²) in [5.74, 6) is -1.49. The zero-order chi connectivity index (χ0) is 22.5. The standard InChI is InChI=1S/C25H30N2O4/c1-4-17-10-12-18(13-11-17)23(29)21-22(19-8-7-9-20(28)16-19)27(25(31)24(21)30)15-14-26(5-2)6-3/h7-13,16,22,28-29H,4-6,14-15H2,1-3H3/b23-21-. The summed E-state index contributed by atoms with van der Waals surface area (Å²) in [7, 11) is 0. The van der Waals surface area contributed by atoms with Crippen molar-refractivity contribution >= 4 is 17.4 Å². The predicted molar refractivity (Wildman–Crippen MR) is 121 cm³/mol. The van der Waals surface area contributed by atoms with Crippen LogP contribution in [0.4, 0.5) is 0 Å². The number of aryl methyl sites for hydroxylation is 1. The Kier molecular flexibility index (Phi) is 7.13. The van der Waals surface area contributed by atoms with Gasteiger partial charge < -0.3 is 20.0 Å². The van der Waals surface area contributed by atoms with Crippen LogP contribution >= 0.6 is 0 Å². The highest BCUT2D eigenvalue weighted by atomic mass is 16.3. The predicted octanol–water partition coefficient (Wildman–Crippen LogP) is 3.72. The first kappa shape index (κ1) is 22.6. The second-order valence-electron chi connectivity index (χ2n) is 7.66. The van der Waals surface area contributed by atoms with Crippen molar-refractivity contribution in [1.29, 1.82) is 0 Å². The molecule has 31 heavy (non-hydrogen) atoms. The molecule has 2 aromatic rings. The molecule has 0 saturated carbocycles. The molecule has 0 aromatic heterocycles. The lowest BCUT2D eigenvalue weighted by Gasteiger charge is -2.28. The van der Waals surface area contributed by atoms with Gasteiger partial charge in [-0.05, 0) is 42.8 Å². The zero-order valence-corrected chi connectivity index (χ0v) is 18.3. The maximum Gasteiger partial charge on any atom is 0.295 e. The van der Waals surface area contributed by atoms with E-state index in [-0.39, 0.29) is 17.1 Å². The average molecular weight is 423 g/mol. The molecule has 164 valence electrons. The van der Waals surface area contributed by atoms with Crippen LogP contribution in [0.1, 0.15) is 43.5 Å². The molecule has 1 saturated heterocycles. The molecule has 3 rings (SSSR count). The monoisotopic (exact) mass is 422 g/mol. The smallest absolute Gasteiger partial charge is 0.295 e. The molecule has 1 heterocycles. The molecule has 2 N–H and O–H groups in total. The third kappa shape index (κ3) is 4.64. The van der Waals surface area contributed by atoms with Crippen LogP contribution in [-0.4, -0.2) is 57.9 Å². The number of hydrogen-bond donors (Lipinski definition) is 2. The van der Waals surface area contributed by atoms with Gasteiger partial charge in [-0.3, -0.25) is 9.59 Å². The number of benzene rings is 2. The van der Waals surface area contributed by atoms with Crippen LogP contribution in [0.25, 0.3) is 5.76 Å². The molecule has 0 radical (unpaired) electrons. The molecule has 6 heteroatoms. The van der Waals surface area contributed by atoms with Gasteiger partial charge in [0.25, 0.3) is 11.7 Å². The van der Waals surface area contributed by atoms with Crippen molar-refractivity contribution in [2.75, 3.05) is 26.2 Å². The van der Waals surface area contributed by atoms with Crippen molar-refractivity contribution in [1.82, 2.24) is 9.80 Å². The summed E-state index contributed by atoms with van der Waals surface area (Å²) in [6.07, 6.45) is 0.861. The lowest BCUT2D eigenvalue weighted by molar-refractivity contribution is -0.140. The van der Waals surface area contributed by atoms with E-state index in [4.69, 9.17) is 0 Å². The Morgan fingerprint density at radius 1 is 1.03 bits per heavy atom. The van der Waals surface area contributed by atoms with Crippen molar-refractivity contribution in [3.05, 3.63) is 70.8 Å². The minimum atomic E-state index is -0.756. The van der Waals surface area contributed by atoms with E-state index in [0.29, 0.717) is 24.2 Å². The Morgan fingerprint density at radius 2 is 1.71 bits per heavy atom. The number of rotatable bonds is 8. The van der Waals surface area contributed by atoms with Crippen LogP contribution in [0.2, 0.25) is 0 Å². The van der Waals surface area contributed by atoms with Gasteiger partial charge in [0.15, 0.2) is 0 Å². The number of Topliss-reactive ketones (excluding diaryl/α,β-unsaturated/α-hetero) is 1. The van der Waals surface area contributed by atoms with Gasteiger partial charge in [0, 0.05) is 18.7 Å². The molecular formula is C25H30N2O4. The number of amides is 1. The number of hydrogen-bond acceptors (Lipinski definition) is 5. The zero-order valence-electron chi connectivity index (χ0n) is 18.3. The summed E-state index contributed by atoms with van der Waals surface area (Å²) < 4.78 is 0. The van der Waals surface area contributed by atoms with Crippen molar-refractivity contribution < 1.29 is 19.8 Å². The molecule has 0 aliphatic carbocycles. The van der Waals surface area contributed by atoms with Gasteiger partial charge in [0.1, 0.15) is 11.5 Å². The minimum absolute atomic E-state index is 0.0409. The van der Waals surface area contributed by atoms with Crippen molar-refractivity contribution in [3.63, 3.8) is 0 Å². The number of nitrogens with zero attached hydrogens (tertiary/aromatic N) is 2. The summed E-state index contributed by atoms with van der Waals surface area (Å²) in [5.41, 5.74) is 2.25. The number of likely N-dealkylation sites (N-methyl/N-ethyl adjacent to an activating group) is 1. The van der Waals surface area contributed by atoms with Crippen molar-refractivity contribution in [2.45, 2.75) is 33.2 Å². The summed E-state index contributed by atoms with van der Waals surface area (Å²) in [6.45, 7) is 8.76. The van der Waals surface area contributed by atoms with Gasteiger partial charge in [-0.1, -0.05) is 57.2 Å². The van der Waals surface area contributed by atoms with Crippen molar-refractivity contribution in [2.24, 2.45) is 0 Å². The summed E-state index contributed by atoms with van der Waals surface area (Å²) in [5, 5.41) is 21.1. The van der Waals surface area contributed by atoms with E-state index in [1.54, 1.807) is 24.3 Å². The molecule has 1 fully saturated rings. The number of aliphatic hydroxyl groups is 1. The third-order valence-electron chi connectivity index (χ3n) is 5.91. The highest BCUT2D eigenvalue weighted by Gasteiger charge is 2.46. The molecule has 1 aliphatic rings. The topological polar surface area (TPSA) is 81.1 Å². The fourth-order valence-corrected chi connectivity index (χ4v) is 3.99. The normalized spacial score (nSPS) is 18.2. The Labute approximate surface area is 183 Å². The summed E-state index contributed by atoms with van der Waals surface area (Å²) >= 11 is 0. The number of likely N-dealkylation sites (tertiary alicyclic amines) is 1. The molecule has 6 nitrogen and oxygen atoms in total. The number of carbonyl (C=O) groups is 2. The number of phenols is 1. The first-order valence-electron chi connectivity index (χ1n) is 10.8. The van der Waals surface area contributed by atoms with Crippen LogP contribution in [0, 0.1) is 0 Å². The first-order chi connectivity index (χ1) is 14.9. The van der Waals surface area contributed by atoms with E-state index in [9.17, 15) is 19.8 Å². The van der Waals surface area contributed by atoms with Gasteiger partial charge in [0.2, 0.25) is 0 Å². The molecule has 0 bridgehead atoms. The van der Waals surface area contributed by atoms with E-state index in [1.165, 1.54) is 17.0 Å². The van der Waals surface area contributed by atoms with E-state index < -0.39 is 17.7 Å². The van der Waals surface area contributed by atoms with Crippen LogP contribution in [-0.2, 0) is 16.0 Å². The summed E-state index contributed by atoms with van der Waals surface area (Å²) in [4.78, 5) is 29.7. The lowest BCUT2D eigenvalue weighted by atomic mass is 9.94. The van der Waals surface area contributed by atoms with Gasteiger partial charge in [0.05, 0.1) is 11.6 Å². The first-order valence-corrected chi connectivity index (χ1v) is 10.8. The molecule has 1 amide bonds. The van der Waals surface area contributed by atoms with E-state index >= 15 is 0 Å². The Morgan fingerprint density at radius 3 is 2.29 bits per heavy atom. The van der Waals surface area contributed by atoms with Gasteiger partial charge in [-0.25, -0.2) is 0 Å². The van der Waals surface area contributed by atoms with Crippen LogP contribution in [0.5, 0.6) is 5.75 Å². The average Bonchev–Trinajstić information content (AvgIpc) is 3.04. The molecule has 0 spiro atoms. The SMILES string of the molecule is CCc1ccc(/C(O)=C2/C(=O)C(=O)N(CCN(CC)CC)C2c2cccc(O)c2)cc1. The van der Waals surface area contributed by atoms with Crippen molar-refractivity contribution in [3.8, 4) is 5.75 Å². The van der Waals surface area contributed by atoms with Gasteiger partial charge in [-0.2, -0.15) is 0 Å². The number of ketones is 1. The number of phenolic OH excluding ortho intramolecular Hbond substituents is 1. The minimum Gasteiger partial charge on any atom is -0.508 e. The van der Waals surface area contributed by atoms with E-state index in [1.807, 2.05) is 32.9 Å². The summed E-state index contributed by atoms with van der Waals surface area (Å²) in [6, 6.07) is 13.1. The lowest BCUT2D eigenvalue weighted by Crippen LogP contribution is -2.38. The third-order valence-corrected chi connectivity index (χ3v) is 5.91. The van der Waals surface area contributed by atoms with Crippen LogP contribution in [0.3, 0.4) is 0 Å². The Balaban J connectivity index is 2.08. The number of aliphatic hydroxyl groups excluding tert-OH is 1. The Hall–Kier alpha value is -3.12. The second-order valence-corrected chi connectivity index (χ2v) is 7.66. The maximum absolute atomic E-state index is 13.0. The molecule has 1 unspecified atom stereocenters. The molecule has 2 aromatic carbocycles. The largest absolute Gasteiger partial charge is 0.508 e. The molecule has 1 aliphatic heterocycles. The number of carbonyl (C=O) groups excluding carboxylic acids is 2. The fraction of sp³-hybridized carbons (Fsp3) is 0.360. The van der Waals surface area contributed by atoms with E-state index in [2.05, 4.69) is 4.90 Å². The maximum atomic E-state index is 13.0. The Bertz CT molecular complexity index is 977. The number of aromatic hydroxyl groups is 1. The second kappa shape index (κ2) is 9.79. The van der Waals surface area contributed by atoms with E-state index in [0.717, 1.165) is 25.1 Å². The highest BCUT2D eigenvalue weighted by Crippen LogP contribution is 2.40. The van der Waals surface area contributed by atoms with Crippen LogP contribution < -0.4 is 0 Å². The van der Waals surface area contributed by atoms with Crippen LogP contribution in [0.15, 0.2) is 54.1 Å². The molecular weight excluding hydrogens is 392 g/mol. The quantitative estimate of drug-likeness (QED) is 0.385. The van der Waals surface area contributed by atoms with Gasteiger partial charge >= 0.3 is 0 Å². The molecule has 1 atom stereocenters. The highest BCUT2D eigenvalue weighted by molar-refractivity contribution is 6.46. The fourth-order valence-electron chi connectivity index (χ4n) is 3.99. The van der Waals surface area contributed by atoms with Gasteiger partial charge in [-0.15, -0.1) is 0 Å².